The molecule has 4 amide bonds. The van der Waals surface area contributed by atoms with Crippen LogP contribution in [0.2, 0.25) is 0 Å². The number of carbonyl (C=O) groups excluding carboxylic acids is 3. The second kappa shape index (κ2) is 7.40. The number of nitrogens with zero attached hydrogens (tertiary/aromatic N) is 5. The van der Waals surface area contributed by atoms with Crippen molar-refractivity contribution in [3.63, 3.8) is 0 Å². The van der Waals surface area contributed by atoms with Gasteiger partial charge >= 0.3 is 12.1 Å². The number of imidazole rings is 1. The van der Waals surface area contributed by atoms with Gasteiger partial charge in [-0.05, 0) is 20.8 Å². The molecule has 1 fully saturated rings. The first-order chi connectivity index (χ1) is 13.2. The molecule has 3 heterocycles. The Hall–Kier alpha value is -2.66. The van der Waals surface area contributed by atoms with E-state index >= 15 is 0 Å². The number of aryl methyl sites for hydroxylation is 1. The molecule has 1 aromatic heterocycles. The molecular weight excluding hydrogens is 366 g/mol. The Bertz CT molecular complexity index is 782. The van der Waals surface area contributed by atoms with E-state index in [2.05, 4.69) is 10.3 Å². The molecule has 2 aliphatic heterocycles. The van der Waals surface area contributed by atoms with Crippen LogP contribution in [0.25, 0.3) is 0 Å². The van der Waals surface area contributed by atoms with E-state index in [-0.39, 0.29) is 11.9 Å². The molecule has 1 aromatic rings. The maximum atomic E-state index is 13.0. The number of fused-ring (bicyclic) bond motifs is 1. The molecule has 0 bridgehead atoms. The zero-order valence-electron chi connectivity index (χ0n) is 16.6. The Balaban J connectivity index is 1.64. The van der Waals surface area contributed by atoms with Crippen LogP contribution >= 0.6 is 0 Å². The zero-order chi connectivity index (χ0) is 20.6. The number of hydrogen-bond donors (Lipinski definition) is 2. The van der Waals surface area contributed by atoms with Gasteiger partial charge in [-0.1, -0.05) is 0 Å². The van der Waals surface area contributed by atoms with Crippen LogP contribution in [0.3, 0.4) is 0 Å². The first kappa shape index (κ1) is 20.1. The average molecular weight is 393 g/mol. The zero-order valence-corrected chi connectivity index (χ0v) is 16.6. The van der Waals surface area contributed by atoms with Gasteiger partial charge in [0.2, 0.25) is 5.91 Å². The third-order valence-electron chi connectivity index (χ3n) is 5.40. The summed E-state index contributed by atoms with van der Waals surface area (Å²) in [5, 5.41) is 6.12. The van der Waals surface area contributed by atoms with Crippen molar-refractivity contribution in [3.8, 4) is 0 Å². The standard InChI is InChI=1S/C17H27N7O4/c1-11-19-9-12-10-23(16(27)24(11)12)22-7-5-21(6-8-22)14(25)13(20-15(18)26)17(2,3)28-4/h9,13H,5-8,10H2,1-4H3,(H3,18,20,26). The number of piperazine rings is 1. The van der Waals surface area contributed by atoms with E-state index in [1.165, 1.54) is 7.11 Å². The number of nitrogens with two attached hydrogens (primary N) is 1. The molecule has 0 aromatic carbocycles. The van der Waals surface area contributed by atoms with Crippen LogP contribution < -0.4 is 11.1 Å². The van der Waals surface area contributed by atoms with Gasteiger partial charge in [0.25, 0.3) is 0 Å². The summed E-state index contributed by atoms with van der Waals surface area (Å²) >= 11 is 0. The number of nitrogens with one attached hydrogen (secondary N) is 1. The number of ether oxygens (including phenoxy) is 1. The second-order valence-electron chi connectivity index (χ2n) is 7.50. The molecule has 0 radical (unpaired) electrons. The molecule has 1 unspecified atom stereocenters. The third-order valence-corrected chi connectivity index (χ3v) is 5.40. The molecule has 28 heavy (non-hydrogen) atoms. The van der Waals surface area contributed by atoms with E-state index in [4.69, 9.17) is 10.5 Å². The van der Waals surface area contributed by atoms with Gasteiger partial charge in [-0.3, -0.25) is 9.80 Å². The van der Waals surface area contributed by atoms with Crippen molar-refractivity contribution >= 4 is 18.0 Å². The minimum atomic E-state index is -0.914. The molecule has 1 saturated heterocycles. The second-order valence-corrected chi connectivity index (χ2v) is 7.50. The van der Waals surface area contributed by atoms with Gasteiger partial charge in [0.1, 0.15) is 11.9 Å². The van der Waals surface area contributed by atoms with E-state index in [9.17, 15) is 14.4 Å². The van der Waals surface area contributed by atoms with Gasteiger partial charge < -0.3 is 20.7 Å². The van der Waals surface area contributed by atoms with Crippen LogP contribution in [-0.2, 0) is 16.1 Å². The minimum absolute atomic E-state index is 0.126. The molecule has 0 spiro atoms. The van der Waals surface area contributed by atoms with Crippen molar-refractivity contribution in [2.45, 2.75) is 39.0 Å². The Morgan fingerprint density at radius 3 is 2.46 bits per heavy atom. The predicted molar refractivity (Wildman–Crippen MR) is 99.0 cm³/mol. The van der Waals surface area contributed by atoms with Crippen molar-refractivity contribution in [3.05, 3.63) is 17.7 Å². The number of aromatic nitrogens is 2. The summed E-state index contributed by atoms with van der Waals surface area (Å²) in [6.45, 7) is 7.56. The normalized spacial score (nSPS) is 18.9. The van der Waals surface area contributed by atoms with Crippen molar-refractivity contribution in [2.75, 3.05) is 33.3 Å². The lowest BCUT2D eigenvalue weighted by molar-refractivity contribution is -0.144. The smallest absolute Gasteiger partial charge is 0.344 e. The van der Waals surface area contributed by atoms with Crippen LogP contribution in [0.4, 0.5) is 9.59 Å². The number of hydrogen-bond acceptors (Lipinski definition) is 6. The highest BCUT2D eigenvalue weighted by molar-refractivity contribution is 5.88. The predicted octanol–water partition coefficient (Wildman–Crippen LogP) is -0.504. The molecule has 1 atom stereocenters. The van der Waals surface area contributed by atoms with Gasteiger partial charge in [0, 0.05) is 33.3 Å². The monoisotopic (exact) mass is 393 g/mol. The van der Waals surface area contributed by atoms with Crippen LogP contribution in [-0.4, -0.2) is 87.4 Å². The number of methoxy groups -OCH3 is 1. The number of primary amides is 1. The maximum absolute atomic E-state index is 13.0. The van der Waals surface area contributed by atoms with E-state index in [0.717, 1.165) is 5.69 Å². The maximum Gasteiger partial charge on any atom is 0.344 e. The highest BCUT2D eigenvalue weighted by Gasteiger charge is 2.41. The molecule has 3 rings (SSSR count). The number of carbonyl (C=O) groups is 3. The lowest BCUT2D eigenvalue weighted by atomic mass is 9.97. The number of amides is 4. The van der Waals surface area contributed by atoms with Crippen molar-refractivity contribution < 1.29 is 19.1 Å². The Morgan fingerprint density at radius 2 is 1.93 bits per heavy atom. The first-order valence-electron chi connectivity index (χ1n) is 9.15. The lowest BCUT2D eigenvalue weighted by Gasteiger charge is -2.41. The van der Waals surface area contributed by atoms with E-state index in [1.807, 2.05) is 5.01 Å². The van der Waals surface area contributed by atoms with Gasteiger partial charge in [0.05, 0.1) is 24.0 Å². The Labute approximate surface area is 163 Å². The summed E-state index contributed by atoms with van der Waals surface area (Å²) in [4.78, 5) is 42.8. The molecule has 0 saturated carbocycles. The topological polar surface area (TPSA) is 126 Å². The molecule has 154 valence electrons. The van der Waals surface area contributed by atoms with Crippen molar-refractivity contribution in [1.29, 1.82) is 0 Å². The van der Waals surface area contributed by atoms with Crippen molar-refractivity contribution in [1.82, 2.24) is 29.8 Å². The van der Waals surface area contributed by atoms with Crippen LogP contribution in [0, 0.1) is 6.92 Å². The summed E-state index contributed by atoms with van der Waals surface area (Å²) in [5.41, 5.74) is 5.18. The summed E-state index contributed by atoms with van der Waals surface area (Å²) < 4.78 is 6.98. The fraction of sp³-hybridized carbons (Fsp3) is 0.647. The summed E-state index contributed by atoms with van der Waals surface area (Å²) in [7, 11) is 1.48. The molecular formula is C17H27N7O4. The number of urea groups is 1. The third kappa shape index (κ3) is 3.54. The lowest BCUT2D eigenvalue weighted by Crippen LogP contribution is -2.63. The minimum Gasteiger partial charge on any atom is -0.376 e. The quantitative estimate of drug-likeness (QED) is 0.694. The van der Waals surface area contributed by atoms with Crippen LogP contribution in [0.5, 0.6) is 0 Å². The molecule has 0 aliphatic carbocycles. The molecule has 3 N–H and O–H groups in total. The van der Waals surface area contributed by atoms with Gasteiger partial charge in [0.15, 0.2) is 0 Å². The van der Waals surface area contributed by atoms with Crippen molar-refractivity contribution in [2.24, 2.45) is 5.73 Å². The molecule has 2 aliphatic rings. The highest BCUT2D eigenvalue weighted by Crippen LogP contribution is 2.22. The van der Waals surface area contributed by atoms with Crippen LogP contribution in [0.1, 0.15) is 25.4 Å². The fourth-order valence-corrected chi connectivity index (χ4v) is 3.55. The fourth-order valence-electron chi connectivity index (χ4n) is 3.55. The molecule has 11 heteroatoms. The average Bonchev–Trinajstić information content (AvgIpc) is 3.19. The van der Waals surface area contributed by atoms with Gasteiger partial charge in [-0.15, -0.1) is 0 Å². The first-order valence-corrected chi connectivity index (χ1v) is 9.15. The van der Waals surface area contributed by atoms with Crippen LogP contribution in [0.15, 0.2) is 6.20 Å². The van der Waals surface area contributed by atoms with E-state index in [1.54, 1.807) is 41.4 Å². The Kier molecular flexibility index (Phi) is 5.31. The highest BCUT2D eigenvalue weighted by atomic mass is 16.5. The number of rotatable bonds is 5. The van der Waals surface area contributed by atoms with Gasteiger partial charge in [-0.2, -0.15) is 0 Å². The summed E-state index contributed by atoms with van der Waals surface area (Å²) in [6.07, 6.45) is 1.71. The Morgan fingerprint density at radius 1 is 1.29 bits per heavy atom. The SMILES string of the molecule is COC(C)(C)C(NC(N)=O)C(=O)N1CCN(N2Cc3cnc(C)n3C2=O)CC1. The van der Waals surface area contributed by atoms with E-state index in [0.29, 0.717) is 38.5 Å². The summed E-state index contributed by atoms with van der Waals surface area (Å²) in [5.74, 6) is 0.405. The molecule has 11 nitrogen and oxygen atoms in total. The van der Waals surface area contributed by atoms with E-state index < -0.39 is 17.7 Å². The number of hydrazine groups is 1. The van der Waals surface area contributed by atoms with Gasteiger partial charge in [-0.25, -0.2) is 24.1 Å². The summed E-state index contributed by atoms with van der Waals surface area (Å²) in [6, 6.07) is -1.81. The largest absolute Gasteiger partial charge is 0.376 e.